The molecule has 1 saturated heterocycles. The summed E-state index contributed by atoms with van der Waals surface area (Å²) in [6.45, 7) is 5.96. The Morgan fingerprint density at radius 2 is 2.25 bits per heavy atom. The van der Waals surface area contributed by atoms with E-state index in [9.17, 15) is 0 Å². The minimum atomic E-state index is 0.373. The molecule has 0 bridgehead atoms. The highest BCUT2D eigenvalue weighted by Crippen LogP contribution is 2.32. The van der Waals surface area contributed by atoms with Crippen molar-refractivity contribution < 1.29 is 9.47 Å². The number of nitrogens with one attached hydrogen (secondary N) is 1. The molecule has 3 heteroatoms. The van der Waals surface area contributed by atoms with Crippen molar-refractivity contribution in [3.05, 3.63) is 0 Å². The first-order chi connectivity index (χ1) is 7.86. The van der Waals surface area contributed by atoms with E-state index in [2.05, 4.69) is 12.2 Å². The lowest BCUT2D eigenvalue weighted by Gasteiger charge is -2.13. The van der Waals surface area contributed by atoms with Gasteiger partial charge in [-0.2, -0.15) is 0 Å². The first kappa shape index (κ1) is 12.3. The fourth-order valence-electron chi connectivity index (χ4n) is 2.26. The molecular weight excluding hydrogens is 202 g/mol. The largest absolute Gasteiger partial charge is 0.379 e. The molecule has 94 valence electrons. The second kappa shape index (κ2) is 6.58. The maximum Gasteiger partial charge on any atom is 0.0809 e. The quantitative estimate of drug-likeness (QED) is 0.643. The van der Waals surface area contributed by atoms with Gasteiger partial charge in [0.25, 0.3) is 0 Å². The Hall–Kier alpha value is -0.120. The Balaban J connectivity index is 1.37. The molecule has 1 aliphatic carbocycles. The van der Waals surface area contributed by atoms with Crippen LogP contribution in [0.3, 0.4) is 0 Å². The summed E-state index contributed by atoms with van der Waals surface area (Å²) in [5.41, 5.74) is 0. The van der Waals surface area contributed by atoms with Gasteiger partial charge in [-0.15, -0.1) is 0 Å². The van der Waals surface area contributed by atoms with Crippen LogP contribution in [0, 0.1) is 5.92 Å². The summed E-state index contributed by atoms with van der Waals surface area (Å²) in [6.07, 6.45) is 6.71. The third kappa shape index (κ3) is 4.40. The van der Waals surface area contributed by atoms with Gasteiger partial charge in [-0.25, -0.2) is 0 Å². The molecule has 0 radical (unpaired) electrons. The Morgan fingerprint density at radius 3 is 2.94 bits per heavy atom. The molecule has 2 atom stereocenters. The summed E-state index contributed by atoms with van der Waals surface area (Å²) in [5.74, 6) is 0.952. The number of ether oxygens (including phenoxy) is 2. The van der Waals surface area contributed by atoms with Crippen LogP contribution in [-0.2, 0) is 9.47 Å². The summed E-state index contributed by atoms with van der Waals surface area (Å²) < 4.78 is 11.1. The second-order valence-electron chi connectivity index (χ2n) is 5.14. The first-order valence-electron chi connectivity index (χ1n) is 6.79. The van der Waals surface area contributed by atoms with Crippen LogP contribution in [0.2, 0.25) is 0 Å². The summed E-state index contributed by atoms with van der Waals surface area (Å²) >= 11 is 0. The summed E-state index contributed by atoms with van der Waals surface area (Å²) in [7, 11) is 0. The van der Waals surface area contributed by atoms with Crippen LogP contribution in [0.15, 0.2) is 0 Å². The second-order valence-corrected chi connectivity index (χ2v) is 5.14. The molecule has 1 N–H and O–H groups in total. The third-order valence-electron chi connectivity index (χ3n) is 3.59. The summed E-state index contributed by atoms with van der Waals surface area (Å²) in [5, 5.41) is 3.56. The SMILES string of the molecule is CC(NCCCOCC1CCCO1)C1CC1. The van der Waals surface area contributed by atoms with E-state index in [4.69, 9.17) is 9.47 Å². The van der Waals surface area contributed by atoms with Gasteiger partial charge >= 0.3 is 0 Å². The zero-order valence-electron chi connectivity index (χ0n) is 10.4. The van der Waals surface area contributed by atoms with Crippen LogP contribution in [0.5, 0.6) is 0 Å². The van der Waals surface area contributed by atoms with Crippen LogP contribution >= 0.6 is 0 Å². The molecular formula is C13H25NO2. The number of hydrogen-bond donors (Lipinski definition) is 1. The molecule has 0 aromatic carbocycles. The van der Waals surface area contributed by atoms with Gasteiger partial charge in [0.05, 0.1) is 12.7 Å². The molecule has 1 aliphatic heterocycles. The molecule has 0 aromatic rings. The number of hydrogen-bond acceptors (Lipinski definition) is 3. The predicted molar refractivity (Wildman–Crippen MR) is 64.6 cm³/mol. The van der Waals surface area contributed by atoms with Crippen molar-refractivity contribution in [3.63, 3.8) is 0 Å². The van der Waals surface area contributed by atoms with E-state index in [1.807, 2.05) is 0 Å². The van der Waals surface area contributed by atoms with E-state index < -0.39 is 0 Å². The highest BCUT2D eigenvalue weighted by Gasteiger charge is 2.27. The summed E-state index contributed by atoms with van der Waals surface area (Å²) in [6, 6.07) is 0.707. The molecule has 2 aliphatic rings. The highest BCUT2D eigenvalue weighted by atomic mass is 16.5. The monoisotopic (exact) mass is 227 g/mol. The van der Waals surface area contributed by atoms with Crippen LogP contribution in [-0.4, -0.2) is 38.5 Å². The minimum absolute atomic E-state index is 0.373. The predicted octanol–water partition coefficient (Wildman–Crippen LogP) is 1.96. The molecule has 16 heavy (non-hydrogen) atoms. The highest BCUT2D eigenvalue weighted by molar-refractivity contribution is 4.82. The third-order valence-corrected chi connectivity index (χ3v) is 3.59. The van der Waals surface area contributed by atoms with Gasteiger partial charge in [0.15, 0.2) is 0 Å². The average molecular weight is 227 g/mol. The normalized spacial score (nSPS) is 27.2. The molecule has 2 unspecified atom stereocenters. The maximum absolute atomic E-state index is 5.61. The van der Waals surface area contributed by atoms with E-state index >= 15 is 0 Å². The fourth-order valence-corrected chi connectivity index (χ4v) is 2.26. The van der Waals surface area contributed by atoms with Gasteiger partial charge in [-0.05, 0) is 51.5 Å². The van der Waals surface area contributed by atoms with Gasteiger partial charge < -0.3 is 14.8 Å². The molecule has 2 rings (SSSR count). The molecule has 1 heterocycles. The lowest BCUT2D eigenvalue weighted by Crippen LogP contribution is -2.29. The van der Waals surface area contributed by atoms with Gasteiger partial charge in [0, 0.05) is 19.3 Å². The van der Waals surface area contributed by atoms with Crippen molar-refractivity contribution in [1.29, 1.82) is 0 Å². The standard InChI is InChI=1S/C13H25NO2/c1-11(12-5-6-12)14-7-3-8-15-10-13-4-2-9-16-13/h11-14H,2-10H2,1H3. The molecule has 0 spiro atoms. The molecule has 3 nitrogen and oxygen atoms in total. The Kier molecular flexibility index (Phi) is 5.07. The van der Waals surface area contributed by atoms with Gasteiger partial charge in [0.2, 0.25) is 0 Å². The zero-order chi connectivity index (χ0) is 11.2. The maximum atomic E-state index is 5.61. The van der Waals surface area contributed by atoms with E-state index in [1.165, 1.54) is 25.7 Å². The van der Waals surface area contributed by atoms with E-state index in [0.717, 1.165) is 38.7 Å². The smallest absolute Gasteiger partial charge is 0.0809 e. The van der Waals surface area contributed by atoms with Crippen molar-refractivity contribution in [1.82, 2.24) is 5.32 Å². The van der Waals surface area contributed by atoms with Gasteiger partial charge in [0.1, 0.15) is 0 Å². The molecule has 1 saturated carbocycles. The van der Waals surface area contributed by atoms with Crippen molar-refractivity contribution in [2.45, 2.75) is 51.2 Å². The molecule has 0 amide bonds. The molecule has 2 fully saturated rings. The van der Waals surface area contributed by atoms with E-state index in [1.54, 1.807) is 0 Å². The zero-order valence-corrected chi connectivity index (χ0v) is 10.4. The fraction of sp³-hybridized carbons (Fsp3) is 1.00. The Labute approximate surface area is 98.9 Å². The van der Waals surface area contributed by atoms with Gasteiger partial charge in [-0.3, -0.25) is 0 Å². The van der Waals surface area contributed by atoms with Crippen molar-refractivity contribution in [3.8, 4) is 0 Å². The minimum Gasteiger partial charge on any atom is -0.379 e. The first-order valence-corrected chi connectivity index (χ1v) is 6.79. The topological polar surface area (TPSA) is 30.5 Å². The Bertz CT molecular complexity index is 182. The van der Waals surface area contributed by atoms with Crippen molar-refractivity contribution in [2.24, 2.45) is 5.92 Å². The lowest BCUT2D eigenvalue weighted by atomic mass is 10.2. The van der Waals surface area contributed by atoms with Gasteiger partial charge in [-0.1, -0.05) is 0 Å². The number of rotatable bonds is 8. The van der Waals surface area contributed by atoms with E-state index in [-0.39, 0.29) is 0 Å². The lowest BCUT2D eigenvalue weighted by molar-refractivity contribution is 0.0165. The average Bonchev–Trinajstić information content (AvgIpc) is 3.02. The van der Waals surface area contributed by atoms with Crippen LogP contribution < -0.4 is 5.32 Å². The van der Waals surface area contributed by atoms with Crippen molar-refractivity contribution in [2.75, 3.05) is 26.4 Å². The van der Waals surface area contributed by atoms with Crippen LogP contribution in [0.25, 0.3) is 0 Å². The Morgan fingerprint density at radius 1 is 1.38 bits per heavy atom. The van der Waals surface area contributed by atoms with Crippen molar-refractivity contribution >= 4 is 0 Å². The van der Waals surface area contributed by atoms with Crippen LogP contribution in [0.1, 0.15) is 39.0 Å². The van der Waals surface area contributed by atoms with Crippen LogP contribution in [0.4, 0.5) is 0 Å². The molecule has 0 aromatic heterocycles. The van der Waals surface area contributed by atoms with E-state index in [0.29, 0.717) is 12.1 Å². The summed E-state index contributed by atoms with van der Waals surface area (Å²) in [4.78, 5) is 0.